The van der Waals surface area contributed by atoms with Gasteiger partial charge in [-0.1, -0.05) is 18.2 Å². The molecule has 0 aliphatic carbocycles. The minimum Gasteiger partial charge on any atom is -0.462 e. The average molecular weight is 260 g/mol. The molecule has 2 heterocycles. The van der Waals surface area contributed by atoms with Gasteiger partial charge in [-0.25, -0.2) is 4.79 Å². The van der Waals surface area contributed by atoms with Crippen LogP contribution in [0.25, 0.3) is 0 Å². The number of piperidine rings is 1. The summed E-state index contributed by atoms with van der Waals surface area (Å²) in [4.78, 5) is 24.9. The van der Waals surface area contributed by atoms with Gasteiger partial charge in [-0.2, -0.15) is 0 Å². The Kier molecular flexibility index (Phi) is 2.89. The van der Waals surface area contributed by atoms with Crippen molar-refractivity contribution in [2.24, 2.45) is 0 Å². The molecule has 5 nitrogen and oxygen atoms in total. The van der Waals surface area contributed by atoms with Crippen LogP contribution >= 0.6 is 0 Å². The Bertz CT molecular complexity index is 529. The van der Waals surface area contributed by atoms with Gasteiger partial charge >= 0.3 is 12.0 Å². The highest BCUT2D eigenvalue weighted by atomic mass is 16.5. The fourth-order valence-corrected chi connectivity index (χ4v) is 2.90. The molecule has 5 heteroatoms. The summed E-state index contributed by atoms with van der Waals surface area (Å²) in [5.41, 5.74) is 1.95. The zero-order valence-electron chi connectivity index (χ0n) is 10.8. The van der Waals surface area contributed by atoms with E-state index >= 15 is 0 Å². The van der Waals surface area contributed by atoms with Crippen molar-refractivity contribution in [2.45, 2.75) is 31.9 Å². The van der Waals surface area contributed by atoms with E-state index in [9.17, 15) is 9.59 Å². The van der Waals surface area contributed by atoms with Crippen LogP contribution in [0.2, 0.25) is 0 Å². The molecule has 1 aromatic rings. The first-order valence-electron chi connectivity index (χ1n) is 6.49. The number of nitrogens with zero attached hydrogens (tertiary/aromatic N) is 1. The number of rotatable bonds is 1. The third kappa shape index (κ3) is 2.16. The van der Waals surface area contributed by atoms with Crippen LogP contribution in [-0.4, -0.2) is 29.5 Å². The number of anilines is 1. The van der Waals surface area contributed by atoms with Crippen molar-refractivity contribution in [3.05, 3.63) is 29.8 Å². The number of hydrogen-bond donors (Lipinski definition) is 1. The maximum atomic E-state index is 12.0. The number of carbonyl (C=O) groups excluding carboxylic acids is 2. The Hall–Kier alpha value is -2.04. The number of amides is 2. The maximum Gasteiger partial charge on any atom is 0.322 e. The maximum absolute atomic E-state index is 12.0. The summed E-state index contributed by atoms with van der Waals surface area (Å²) >= 11 is 0. The third-order valence-corrected chi connectivity index (χ3v) is 3.71. The van der Waals surface area contributed by atoms with Crippen LogP contribution in [-0.2, 0) is 9.53 Å². The first kappa shape index (κ1) is 12.0. The smallest absolute Gasteiger partial charge is 0.322 e. The van der Waals surface area contributed by atoms with Crippen LogP contribution in [0.5, 0.6) is 0 Å². The van der Waals surface area contributed by atoms with Crippen LogP contribution < -0.4 is 5.32 Å². The second kappa shape index (κ2) is 4.57. The van der Waals surface area contributed by atoms with Crippen LogP contribution in [0, 0.1) is 0 Å². The minimum atomic E-state index is -0.257. The molecule has 1 fully saturated rings. The standard InChI is InChI=1S/C14H16N2O3/c1-9(17)19-10-6-7-16-13(8-10)11-4-2-3-5-12(11)15-14(16)18/h2-5,10,13H,6-8H2,1H3,(H,15,18)/t10-,13+/m1/s1. The molecule has 2 aliphatic heterocycles. The molecule has 100 valence electrons. The van der Waals surface area contributed by atoms with Crippen molar-refractivity contribution in [3.63, 3.8) is 0 Å². The number of carbonyl (C=O) groups is 2. The number of fused-ring (bicyclic) bond motifs is 3. The largest absolute Gasteiger partial charge is 0.462 e. The fourth-order valence-electron chi connectivity index (χ4n) is 2.90. The van der Waals surface area contributed by atoms with E-state index in [1.165, 1.54) is 6.92 Å². The van der Waals surface area contributed by atoms with Crippen molar-refractivity contribution in [2.75, 3.05) is 11.9 Å². The SMILES string of the molecule is CC(=O)O[C@@H]1CCN2C(=O)Nc3ccccc3[C@@H]2C1. The second-order valence-corrected chi connectivity index (χ2v) is 4.98. The van der Waals surface area contributed by atoms with Gasteiger partial charge in [0.2, 0.25) is 0 Å². The highest BCUT2D eigenvalue weighted by Crippen LogP contribution is 2.39. The molecule has 0 aromatic heterocycles. The Morgan fingerprint density at radius 2 is 2.21 bits per heavy atom. The molecule has 0 radical (unpaired) electrons. The number of hydrogen-bond acceptors (Lipinski definition) is 3. The van der Waals surface area contributed by atoms with Gasteiger partial charge in [-0.3, -0.25) is 4.79 Å². The van der Waals surface area contributed by atoms with Gasteiger partial charge < -0.3 is 15.0 Å². The first-order valence-corrected chi connectivity index (χ1v) is 6.49. The van der Waals surface area contributed by atoms with Crippen molar-refractivity contribution >= 4 is 17.7 Å². The van der Waals surface area contributed by atoms with E-state index in [-0.39, 0.29) is 24.1 Å². The topological polar surface area (TPSA) is 58.6 Å². The lowest BCUT2D eigenvalue weighted by molar-refractivity contribution is -0.149. The van der Waals surface area contributed by atoms with E-state index in [4.69, 9.17) is 4.74 Å². The summed E-state index contributed by atoms with van der Waals surface area (Å²) in [5, 5.41) is 2.89. The average Bonchev–Trinajstić information content (AvgIpc) is 2.38. The second-order valence-electron chi connectivity index (χ2n) is 4.98. The van der Waals surface area contributed by atoms with E-state index in [0.717, 1.165) is 11.3 Å². The van der Waals surface area contributed by atoms with Gasteiger partial charge in [0, 0.05) is 32.0 Å². The molecule has 1 saturated heterocycles. The number of benzene rings is 1. The van der Waals surface area contributed by atoms with E-state index in [1.807, 2.05) is 29.2 Å². The minimum absolute atomic E-state index is 0.00282. The van der Waals surface area contributed by atoms with E-state index in [2.05, 4.69) is 5.32 Å². The molecular formula is C14H16N2O3. The highest BCUT2D eigenvalue weighted by molar-refractivity contribution is 5.93. The zero-order chi connectivity index (χ0) is 13.4. The Balaban J connectivity index is 1.88. The number of para-hydroxylation sites is 1. The van der Waals surface area contributed by atoms with Crippen LogP contribution in [0.15, 0.2) is 24.3 Å². The summed E-state index contributed by atoms with van der Waals surface area (Å²) in [7, 11) is 0. The van der Waals surface area contributed by atoms with Crippen molar-refractivity contribution in [3.8, 4) is 0 Å². The molecule has 1 N–H and O–H groups in total. The van der Waals surface area contributed by atoms with Crippen LogP contribution in [0.3, 0.4) is 0 Å². The molecule has 3 rings (SSSR count). The molecule has 0 bridgehead atoms. The zero-order valence-corrected chi connectivity index (χ0v) is 10.8. The lowest BCUT2D eigenvalue weighted by Crippen LogP contribution is -2.48. The van der Waals surface area contributed by atoms with Crippen LogP contribution in [0.4, 0.5) is 10.5 Å². The molecule has 2 atom stereocenters. The van der Waals surface area contributed by atoms with E-state index < -0.39 is 0 Å². The van der Waals surface area contributed by atoms with Gasteiger partial charge in [0.25, 0.3) is 0 Å². The van der Waals surface area contributed by atoms with Crippen molar-refractivity contribution in [1.29, 1.82) is 0 Å². The molecule has 2 amide bonds. The molecule has 0 saturated carbocycles. The molecule has 19 heavy (non-hydrogen) atoms. The third-order valence-electron chi connectivity index (χ3n) is 3.71. The predicted molar refractivity (Wildman–Crippen MR) is 69.7 cm³/mol. The number of nitrogens with one attached hydrogen (secondary N) is 1. The molecule has 0 unspecified atom stereocenters. The molecule has 2 aliphatic rings. The van der Waals surface area contributed by atoms with E-state index in [0.29, 0.717) is 19.4 Å². The normalized spacial score (nSPS) is 25.1. The number of ether oxygens (including phenoxy) is 1. The monoisotopic (exact) mass is 260 g/mol. The quantitative estimate of drug-likeness (QED) is 0.788. The summed E-state index contributed by atoms with van der Waals surface area (Å²) in [6.07, 6.45) is 1.27. The van der Waals surface area contributed by atoms with Gasteiger partial charge in [0.05, 0.1) is 6.04 Å². The fraction of sp³-hybridized carbons (Fsp3) is 0.429. The molecule has 0 spiro atoms. The van der Waals surface area contributed by atoms with Crippen molar-refractivity contribution < 1.29 is 14.3 Å². The van der Waals surface area contributed by atoms with Crippen LogP contribution in [0.1, 0.15) is 31.4 Å². The van der Waals surface area contributed by atoms with Gasteiger partial charge in [0.15, 0.2) is 0 Å². The highest BCUT2D eigenvalue weighted by Gasteiger charge is 2.38. The molecule has 1 aromatic carbocycles. The summed E-state index contributed by atoms with van der Waals surface area (Å²) in [6.45, 7) is 2.04. The molecular weight excluding hydrogens is 244 g/mol. The summed E-state index contributed by atoms with van der Waals surface area (Å²) < 4.78 is 5.29. The van der Waals surface area contributed by atoms with Gasteiger partial charge in [-0.05, 0) is 11.6 Å². The number of urea groups is 1. The van der Waals surface area contributed by atoms with Gasteiger partial charge in [-0.15, -0.1) is 0 Å². The Morgan fingerprint density at radius 1 is 1.42 bits per heavy atom. The Labute approximate surface area is 111 Å². The summed E-state index contributed by atoms with van der Waals surface area (Å²) in [6, 6.07) is 7.72. The lowest BCUT2D eigenvalue weighted by atomic mass is 9.91. The Morgan fingerprint density at radius 3 is 3.00 bits per heavy atom. The lowest BCUT2D eigenvalue weighted by Gasteiger charge is -2.42. The van der Waals surface area contributed by atoms with Gasteiger partial charge in [0.1, 0.15) is 6.10 Å². The first-order chi connectivity index (χ1) is 9.15. The van der Waals surface area contributed by atoms with Crippen molar-refractivity contribution in [1.82, 2.24) is 4.90 Å². The van der Waals surface area contributed by atoms with E-state index in [1.54, 1.807) is 0 Å². The summed E-state index contributed by atoms with van der Waals surface area (Å²) in [5.74, 6) is -0.257. The predicted octanol–water partition coefficient (Wildman–Crippen LogP) is 2.30. The number of esters is 1.